The molecule has 0 aromatic heterocycles. The minimum atomic E-state index is -0.405. The highest BCUT2D eigenvalue weighted by molar-refractivity contribution is 5.20. The first kappa shape index (κ1) is 15.4. The second-order valence-electron chi connectivity index (χ2n) is 6.27. The summed E-state index contributed by atoms with van der Waals surface area (Å²) in [5.74, 6) is 0.113. The Hall–Kier alpha value is -0.960. The van der Waals surface area contributed by atoms with E-state index in [2.05, 4.69) is 19.2 Å². The number of nitrogens with one attached hydrogen (secondary N) is 1. The van der Waals surface area contributed by atoms with Crippen LogP contribution in [0.15, 0.2) is 18.2 Å². The van der Waals surface area contributed by atoms with E-state index in [0.717, 1.165) is 6.54 Å². The maximum Gasteiger partial charge on any atom is 0.129 e. The van der Waals surface area contributed by atoms with Gasteiger partial charge in [0.1, 0.15) is 11.6 Å². The van der Waals surface area contributed by atoms with Gasteiger partial charge in [-0.15, -0.1) is 0 Å². The molecule has 1 fully saturated rings. The second-order valence-corrected chi connectivity index (χ2v) is 6.27. The lowest BCUT2D eigenvalue weighted by Gasteiger charge is -2.25. The number of hydrogen-bond donors (Lipinski definition) is 1. The Morgan fingerprint density at radius 1 is 1.15 bits per heavy atom. The second kappa shape index (κ2) is 7.16. The first-order valence-electron chi connectivity index (χ1n) is 7.74. The fourth-order valence-corrected chi connectivity index (χ4v) is 3.21. The van der Waals surface area contributed by atoms with Gasteiger partial charge in [-0.2, -0.15) is 0 Å². The van der Waals surface area contributed by atoms with Gasteiger partial charge in [-0.3, -0.25) is 0 Å². The van der Waals surface area contributed by atoms with Crippen molar-refractivity contribution < 1.29 is 8.78 Å². The minimum absolute atomic E-state index is 0.259. The topological polar surface area (TPSA) is 12.0 Å². The van der Waals surface area contributed by atoms with Crippen molar-refractivity contribution in [3.8, 4) is 0 Å². The van der Waals surface area contributed by atoms with Gasteiger partial charge in [0, 0.05) is 11.6 Å². The Kier molecular flexibility index (Phi) is 5.53. The van der Waals surface area contributed by atoms with E-state index in [1.54, 1.807) is 0 Å². The molecule has 112 valence electrons. The minimum Gasteiger partial charge on any atom is -0.314 e. The van der Waals surface area contributed by atoms with Crippen molar-refractivity contribution in [3.05, 3.63) is 35.4 Å². The van der Waals surface area contributed by atoms with Crippen molar-refractivity contribution in [2.24, 2.45) is 11.8 Å². The molecule has 1 N–H and O–H groups in total. The molecular formula is C17H25F2N. The molecule has 0 radical (unpaired) electrons. The van der Waals surface area contributed by atoms with E-state index in [1.165, 1.54) is 43.9 Å². The first-order valence-corrected chi connectivity index (χ1v) is 7.74. The standard InChI is InChI=1S/C17H25F2N/c1-12(2)20-11-14(13-6-3-4-7-13)10-15-16(18)8-5-9-17(15)19/h5,8-9,12-14,20H,3-4,6-7,10-11H2,1-2H3. The van der Waals surface area contributed by atoms with Crippen LogP contribution in [0, 0.1) is 23.5 Å². The smallest absolute Gasteiger partial charge is 0.129 e. The molecule has 3 heteroatoms. The molecule has 0 heterocycles. The summed E-state index contributed by atoms with van der Waals surface area (Å²) in [7, 11) is 0. The van der Waals surface area contributed by atoms with Crippen LogP contribution in [-0.4, -0.2) is 12.6 Å². The van der Waals surface area contributed by atoms with Gasteiger partial charge < -0.3 is 5.32 Å². The molecule has 1 aliphatic carbocycles. The van der Waals surface area contributed by atoms with E-state index < -0.39 is 11.6 Å². The number of halogens is 2. The van der Waals surface area contributed by atoms with Gasteiger partial charge in [0.25, 0.3) is 0 Å². The molecular weight excluding hydrogens is 256 g/mol. The average Bonchev–Trinajstić information content (AvgIpc) is 2.91. The predicted octanol–water partition coefficient (Wildman–Crippen LogP) is 4.31. The predicted molar refractivity (Wildman–Crippen MR) is 78.6 cm³/mol. The van der Waals surface area contributed by atoms with Gasteiger partial charge in [0.15, 0.2) is 0 Å². The summed E-state index contributed by atoms with van der Waals surface area (Å²) in [4.78, 5) is 0. The molecule has 1 saturated carbocycles. The lowest BCUT2D eigenvalue weighted by Crippen LogP contribution is -2.33. The first-order chi connectivity index (χ1) is 9.58. The molecule has 1 unspecified atom stereocenters. The van der Waals surface area contributed by atoms with E-state index in [-0.39, 0.29) is 5.56 Å². The molecule has 1 aliphatic rings. The zero-order valence-electron chi connectivity index (χ0n) is 12.5. The van der Waals surface area contributed by atoms with E-state index in [9.17, 15) is 8.78 Å². The summed E-state index contributed by atoms with van der Waals surface area (Å²) in [5.41, 5.74) is 0.259. The summed E-state index contributed by atoms with van der Waals surface area (Å²) in [6, 6.07) is 4.56. The molecule has 0 aliphatic heterocycles. The van der Waals surface area contributed by atoms with Crippen molar-refractivity contribution in [2.75, 3.05) is 6.54 Å². The summed E-state index contributed by atoms with van der Waals surface area (Å²) in [5, 5.41) is 3.44. The van der Waals surface area contributed by atoms with Gasteiger partial charge >= 0.3 is 0 Å². The third-order valence-corrected chi connectivity index (χ3v) is 4.38. The van der Waals surface area contributed by atoms with Crippen LogP contribution in [0.3, 0.4) is 0 Å². The fourth-order valence-electron chi connectivity index (χ4n) is 3.21. The number of hydrogen-bond acceptors (Lipinski definition) is 1. The normalized spacial score (nSPS) is 17.9. The van der Waals surface area contributed by atoms with Crippen LogP contribution in [0.4, 0.5) is 8.78 Å². The summed E-state index contributed by atoms with van der Waals surface area (Å²) in [6.07, 6.45) is 5.40. The fraction of sp³-hybridized carbons (Fsp3) is 0.647. The van der Waals surface area contributed by atoms with E-state index in [1.807, 2.05) is 0 Å². The summed E-state index contributed by atoms with van der Waals surface area (Å²) in [6.45, 7) is 5.06. The van der Waals surface area contributed by atoms with Gasteiger partial charge in [0.2, 0.25) is 0 Å². The van der Waals surface area contributed by atoms with Crippen LogP contribution >= 0.6 is 0 Å². The van der Waals surface area contributed by atoms with Crippen LogP contribution < -0.4 is 5.32 Å². The largest absolute Gasteiger partial charge is 0.314 e. The van der Waals surface area contributed by atoms with Crippen LogP contribution in [0.5, 0.6) is 0 Å². The molecule has 1 atom stereocenters. The van der Waals surface area contributed by atoms with Crippen molar-refractivity contribution in [1.82, 2.24) is 5.32 Å². The Bertz CT molecular complexity index is 405. The summed E-state index contributed by atoms with van der Waals surface area (Å²) < 4.78 is 27.7. The van der Waals surface area contributed by atoms with Crippen LogP contribution in [0.1, 0.15) is 45.1 Å². The van der Waals surface area contributed by atoms with Crippen molar-refractivity contribution >= 4 is 0 Å². The van der Waals surface area contributed by atoms with Crippen LogP contribution in [-0.2, 0) is 6.42 Å². The molecule has 0 spiro atoms. The summed E-state index contributed by atoms with van der Waals surface area (Å²) >= 11 is 0. The van der Waals surface area contributed by atoms with Crippen molar-refractivity contribution in [1.29, 1.82) is 0 Å². The van der Waals surface area contributed by atoms with Gasteiger partial charge in [-0.1, -0.05) is 45.6 Å². The monoisotopic (exact) mass is 281 g/mol. The third kappa shape index (κ3) is 4.02. The van der Waals surface area contributed by atoms with Gasteiger partial charge in [-0.25, -0.2) is 8.78 Å². The van der Waals surface area contributed by atoms with Crippen LogP contribution in [0.2, 0.25) is 0 Å². The molecule has 0 amide bonds. The molecule has 20 heavy (non-hydrogen) atoms. The SMILES string of the molecule is CC(C)NCC(Cc1c(F)cccc1F)C1CCCC1. The molecule has 0 bridgehead atoms. The van der Waals surface area contributed by atoms with Crippen molar-refractivity contribution in [3.63, 3.8) is 0 Å². The van der Waals surface area contributed by atoms with E-state index in [0.29, 0.717) is 24.3 Å². The molecule has 1 aromatic carbocycles. The highest BCUT2D eigenvalue weighted by Gasteiger charge is 2.27. The maximum absolute atomic E-state index is 13.8. The van der Waals surface area contributed by atoms with Gasteiger partial charge in [-0.05, 0) is 36.9 Å². The molecule has 2 rings (SSSR count). The zero-order valence-corrected chi connectivity index (χ0v) is 12.5. The van der Waals surface area contributed by atoms with E-state index in [4.69, 9.17) is 0 Å². The highest BCUT2D eigenvalue weighted by Crippen LogP contribution is 2.33. The average molecular weight is 281 g/mol. The lowest BCUT2D eigenvalue weighted by atomic mass is 9.85. The molecule has 0 saturated heterocycles. The zero-order chi connectivity index (χ0) is 14.5. The molecule has 1 nitrogen and oxygen atoms in total. The number of rotatable bonds is 6. The Balaban J connectivity index is 2.09. The third-order valence-electron chi connectivity index (χ3n) is 4.38. The Morgan fingerprint density at radius 3 is 2.30 bits per heavy atom. The Labute approximate surface area is 120 Å². The number of benzene rings is 1. The quantitative estimate of drug-likeness (QED) is 0.819. The lowest BCUT2D eigenvalue weighted by molar-refractivity contribution is 0.306. The van der Waals surface area contributed by atoms with E-state index >= 15 is 0 Å². The van der Waals surface area contributed by atoms with Gasteiger partial charge in [0.05, 0.1) is 0 Å². The highest BCUT2D eigenvalue weighted by atomic mass is 19.1. The van der Waals surface area contributed by atoms with Crippen LogP contribution in [0.25, 0.3) is 0 Å². The molecule has 1 aromatic rings. The maximum atomic E-state index is 13.8. The van der Waals surface area contributed by atoms with Crippen molar-refractivity contribution in [2.45, 2.75) is 52.0 Å². The Morgan fingerprint density at radius 2 is 1.75 bits per heavy atom.